The van der Waals surface area contributed by atoms with Crippen LogP contribution in [-0.4, -0.2) is 31.7 Å². The summed E-state index contributed by atoms with van der Waals surface area (Å²) in [6.07, 6.45) is 6.69. The highest BCUT2D eigenvalue weighted by atomic mass is 19.1. The van der Waals surface area contributed by atoms with Crippen molar-refractivity contribution in [1.29, 1.82) is 0 Å². The zero-order valence-electron chi connectivity index (χ0n) is 15.8. The largest absolute Gasteiger partial charge is 0.334 e. The van der Waals surface area contributed by atoms with E-state index in [0.29, 0.717) is 35.7 Å². The molecule has 9 heteroatoms. The summed E-state index contributed by atoms with van der Waals surface area (Å²) in [4.78, 5) is 14.9. The molecule has 0 radical (unpaired) electrons. The number of nitrogens with one attached hydrogen (secondary N) is 2. The van der Waals surface area contributed by atoms with Crippen molar-refractivity contribution in [2.45, 2.75) is 44.1 Å². The molecule has 7 nitrogen and oxygen atoms in total. The van der Waals surface area contributed by atoms with Crippen LogP contribution >= 0.6 is 0 Å². The monoisotopic (exact) mass is 397 g/mol. The molecule has 3 aromatic rings. The van der Waals surface area contributed by atoms with Gasteiger partial charge in [-0.15, -0.1) is 0 Å². The fourth-order valence-electron chi connectivity index (χ4n) is 4.03. The predicted octanol–water partition coefficient (Wildman–Crippen LogP) is 4.23. The van der Waals surface area contributed by atoms with Gasteiger partial charge < -0.3 is 10.2 Å². The van der Waals surface area contributed by atoms with Gasteiger partial charge in [0.25, 0.3) is 0 Å². The zero-order chi connectivity index (χ0) is 19.8. The van der Waals surface area contributed by atoms with Crippen LogP contribution in [0.5, 0.6) is 0 Å². The Hall–Kier alpha value is -3.10. The molecule has 1 aliphatic carbocycles. The second-order valence-corrected chi connectivity index (χ2v) is 7.59. The highest BCUT2D eigenvalue weighted by Crippen LogP contribution is 2.37. The molecular formula is C20H21F2N7. The first-order chi connectivity index (χ1) is 14.2. The predicted molar refractivity (Wildman–Crippen MR) is 104 cm³/mol. The molecule has 1 atom stereocenters. The lowest BCUT2D eigenvalue weighted by molar-refractivity contribution is 0.410. The van der Waals surface area contributed by atoms with Crippen molar-refractivity contribution >= 4 is 17.7 Å². The maximum absolute atomic E-state index is 14.3. The fourth-order valence-corrected chi connectivity index (χ4v) is 4.03. The van der Waals surface area contributed by atoms with Gasteiger partial charge >= 0.3 is 0 Å². The summed E-state index contributed by atoms with van der Waals surface area (Å²) in [6, 6.07) is 5.46. The lowest BCUT2D eigenvalue weighted by Crippen LogP contribution is -2.25. The third-order valence-corrected chi connectivity index (χ3v) is 5.77. The Labute approximate surface area is 166 Å². The molecule has 0 bridgehead atoms. The van der Waals surface area contributed by atoms with Gasteiger partial charge in [0.15, 0.2) is 5.82 Å². The Morgan fingerprint density at radius 1 is 1.07 bits per heavy atom. The molecule has 2 N–H and O–H groups in total. The van der Waals surface area contributed by atoms with E-state index in [9.17, 15) is 8.78 Å². The minimum atomic E-state index is -0.581. The second kappa shape index (κ2) is 7.38. The normalized spacial score (nSPS) is 19.4. The van der Waals surface area contributed by atoms with Crippen LogP contribution in [0, 0.1) is 11.6 Å². The van der Waals surface area contributed by atoms with E-state index in [2.05, 4.69) is 30.5 Å². The van der Waals surface area contributed by atoms with E-state index in [1.54, 1.807) is 0 Å². The minimum absolute atomic E-state index is 0.235. The molecular weight excluding hydrogens is 376 g/mol. The number of H-pyrrole nitrogens is 1. The third-order valence-electron chi connectivity index (χ3n) is 5.77. The highest BCUT2D eigenvalue weighted by molar-refractivity contribution is 5.50. The van der Waals surface area contributed by atoms with Crippen LogP contribution in [0.2, 0.25) is 0 Å². The van der Waals surface area contributed by atoms with Gasteiger partial charge in [-0.2, -0.15) is 10.1 Å². The lowest BCUT2D eigenvalue weighted by Gasteiger charge is -2.25. The molecule has 2 aromatic heterocycles. The summed E-state index contributed by atoms with van der Waals surface area (Å²) >= 11 is 0. The van der Waals surface area contributed by atoms with Crippen LogP contribution in [-0.2, 0) is 0 Å². The van der Waals surface area contributed by atoms with E-state index in [1.165, 1.54) is 37.7 Å². The molecule has 29 heavy (non-hydrogen) atoms. The number of rotatable bonds is 5. The first-order valence-electron chi connectivity index (χ1n) is 9.90. The topological polar surface area (TPSA) is 82.6 Å². The van der Waals surface area contributed by atoms with Crippen LogP contribution in [0.1, 0.15) is 55.3 Å². The molecule has 150 valence electrons. The van der Waals surface area contributed by atoms with Crippen molar-refractivity contribution in [3.05, 3.63) is 53.5 Å². The molecule has 3 heterocycles. The van der Waals surface area contributed by atoms with E-state index >= 15 is 0 Å². The van der Waals surface area contributed by atoms with Crippen LogP contribution in [0.4, 0.5) is 26.5 Å². The van der Waals surface area contributed by atoms with E-state index in [0.717, 1.165) is 24.6 Å². The van der Waals surface area contributed by atoms with Gasteiger partial charge in [-0.05, 0) is 31.7 Å². The van der Waals surface area contributed by atoms with Crippen LogP contribution in [0.15, 0.2) is 30.6 Å². The van der Waals surface area contributed by atoms with Crippen LogP contribution < -0.4 is 10.2 Å². The smallest absolute Gasteiger partial charge is 0.233 e. The highest BCUT2D eigenvalue weighted by Gasteiger charge is 2.30. The van der Waals surface area contributed by atoms with Crippen LogP contribution in [0.25, 0.3) is 0 Å². The number of aromatic amines is 1. The van der Waals surface area contributed by atoms with E-state index in [1.807, 2.05) is 11.0 Å². The average Bonchev–Trinajstić information content (AvgIpc) is 3.31. The van der Waals surface area contributed by atoms with E-state index in [-0.39, 0.29) is 6.04 Å². The molecule has 5 rings (SSSR count). The number of hydrogen-bond acceptors (Lipinski definition) is 6. The number of benzene rings is 1. The van der Waals surface area contributed by atoms with Crippen molar-refractivity contribution in [2.24, 2.45) is 0 Å². The Kier molecular flexibility index (Phi) is 4.57. The van der Waals surface area contributed by atoms with Crippen molar-refractivity contribution in [3.8, 4) is 0 Å². The van der Waals surface area contributed by atoms with Gasteiger partial charge in [-0.3, -0.25) is 5.10 Å². The number of halogens is 2. The summed E-state index contributed by atoms with van der Waals surface area (Å²) in [5.41, 5.74) is 1.58. The molecule has 0 spiro atoms. The quantitative estimate of drug-likeness (QED) is 0.671. The minimum Gasteiger partial charge on any atom is -0.334 e. The van der Waals surface area contributed by atoms with Gasteiger partial charge in [-0.25, -0.2) is 18.7 Å². The van der Waals surface area contributed by atoms with E-state index < -0.39 is 11.6 Å². The molecule has 1 saturated heterocycles. The van der Waals surface area contributed by atoms with Gasteiger partial charge in [0, 0.05) is 35.9 Å². The standard InChI is InChI=1S/C20H21F2N7/c21-13-6-7-14(15(22)9-13)17-5-2-8-29(17)20-24-11-23-19(26-20)25-18-10-16(27-28-18)12-3-1-4-12/h6-7,9-12,17H,1-5,8H2,(H2,23,24,25,26,27,28). The summed E-state index contributed by atoms with van der Waals surface area (Å²) in [5, 5.41) is 10.5. The van der Waals surface area contributed by atoms with Crippen molar-refractivity contribution in [1.82, 2.24) is 25.1 Å². The summed E-state index contributed by atoms with van der Waals surface area (Å²) in [7, 11) is 0. The average molecular weight is 397 g/mol. The molecule has 2 fully saturated rings. The number of aromatic nitrogens is 5. The zero-order valence-corrected chi connectivity index (χ0v) is 15.8. The molecule has 1 unspecified atom stereocenters. The summed E-state index contributed by atoms with van der Waals surface area (Å²) in [5.74, 6) is 0.932. The second-order valence-electron chi connectivity index (χ2n) is 7.59. The lowest BCUT2D eigenvalue weighted by atomic mass is 9.83. The Balaban J connectivity index is 1.36. The maximum Gasteiger partial charge on any atom is 0.233 e. The van der Waals surface area contributed by atoms with Crippen molar-refractivity contribution < 1.29 is 8.78 Å². The Morgan fingerprint density at radius 2 is 1.97 bits per heavy atom. The fraction of sp³-hybridized carbons (Fsp3) is 0.400. The van der Waals surface area contributed by atoms with Crippen molar-refractivity contribution in [3.63, 3.8) is 0 Å². The third kappa shape index (κ3) is 3.52. The van der Waals surface area contributed by atoms with E-state index in [4.69, 9.17) is 0 Å². The van der Waals surface area contributed by atoms with Crippen molar-refractivity contribution in [2.75, 3.05) is 16.8 Å². The van der Waals surface area contributed by atoms with Gasteiger partial charge in [-0.1, -0.05) is 12.5 Å². The Morgan fingerprint density at radius 3 is 2.76 bits per heavy atom. The first kappa shape index (κ1) is 18.0. The van der Waals surface area contributed by atoms with Crippen LogP contribution in [0.3, 0.4) is 0 Å². The van der Waals surface area contributed by atoms with Gasteiger partial charge in [0.05, 0.1) is 6.04 Å². The number of anilines is 3. The molecule has 1 aromatic carbocycles. The van der Waals surface area contributed by atoms with Gasteiger partial charge in [0.2, 0.25) is 11.9 Å². The summed E-state index contributed by atoms with van der Waals surface area (Å²) < 4.78 is 27.6. The molecule has 1 saturated carbocycles. The maximum atomic E-state index is 14.3. The Bertz CT molecular complexity index is 1020. The van der Waals surface area contributed by atoms with Gasteiger partial charge in [0.1, 0.15) is 18.0 Å². The number of nitrogens with zero attached hydrogens (tertiary/aromatic N) is 5. The molecule has 0 amide bonds. The number of hydrogen-bond donors (Lipinski definition) is 2. The SMILES string of the molecule is Fc1ccc(C2CCCN2c2ncnc(Nc3cc(C4CCC4)[nH]n3)n2)c(F)c1. The first-order valence-corrected chi connectivity index (χ1v) is 9.90. The molecule has 1 aliphatic heterocycles. The molecule has 2 aliphatic rings. The summed E-state index contributed by atoms with van der Waals surface area (Å²) in [6.45, 7) is 0.694.